The Bertz CT molecular complexity index is 1300. The van der Waals surface area contributed by atoms with Crippen LogP contribution < -0.4 is 4.74 Å². The van der Waals surface area contributed by atoms with Gasteiger partial charge in [-0.1, -0.05) is 42.5 Å². The second-order valence-electron chi connectivity index (χ2n) is 8.09. The number of phenolic OH excluding ortho intramolecular Hbond substituents is 1. The average Bonchev–Trinajstić information content (AvgIpc) is 2.78. The maximum atomic E-state index is 13.2. The van der Waals surface area contributed by atoms with Gasteiger partial charge in [0.1, 0.15) is 11.5 Å². The van der Waals surface area contributed by atoms with Crippen LogP contribution >= 0.6 is 0 Å². The molecule has 2 N–H and O–H groups in total. The first-order chi connectivity index (χ1) is 15.2. The van der Waals surface area contributed by atoms with Crippen LogP contribution in [0.15, 0.2) is 84.9 Å². The number of rotatable bonds is 6. The first-order valence-corrected chi connectivity index (χ1v) is 10.1. The molecule has 0 saturated heterocycles. The molecule has 0 aliphatic heterocycles. The molecule has 0 aliphatic rings. The number of carboxylic acid groups (broad SMARTS) is 1. The van der Waals surface area contributed by atoms with Crippen LogP contribution in [0.5, 0.6) is 11.5 Å². The predicted octanol–water partition coefficient (Wildman–Crippen LogP) is 5.95. The highest BCUT2D eigenvalue weighted by atomic mass is 16.5. The first kappa shape index (κ1) is 21.1. The van der Waals surface area contributed by atoms with Gasteiger partial charge in [0, 0.05) is 5.56 Å². The number of phenols is 1. The van der Waals surface area contributed by atoms with Crippen LogP contribution in [-0.4, -0.2) is 27.6 Å². The number of carboxylic acids is 1. The highest BCUT2D eigenvalue weighted by Gasteiger charge is 2.31. The molecule has 4 aromatic rings. The zero-order chi connectivity index (χ0) is 22.9. The molecular formula is C27H22O5. The Kier molecular flexibility index (Phi) is 5.41. The summed E-state index contributed by atoms with van der Waals surface area (Å²) in [7, 11) is 0. The van der Waals surface area contributed by atoms with Gasteiger partial charge in [0.25, 0.3) is 0 Å². The van der Waals surface area contributed by atoms with Crippen molar-refractivity contribution in [3.05, 3.63) is 96.1 Å². The van der Waals surface area contributed by atoms with Gasteiger partial charge < -0.3 is 14.9 Å². The summed E-state index contributed by atoms with van der Waals surface area (Å²) in [5.74, 6) is -0.384. The molecule has 0 heterocycles. The van der Waals surface area contributed by atoms with Crippen molar-refractivity contribution in [3.8, 4) is 22.6 Å². The Morgan fingerprint density at radius 1 is 0.719 bits per heavy atom. The molecule has 0 aromatic heterocycles. The molecule has 0 spiro atoms. The highest BCUT2D eigenvalue weighted by Crippen LogP contribution is 2.28. The number of hydrogen-bond acceptors (Lipinski definition) is 4. The van der Waals surface area contributed by atoms with Gasteiger partial charge in [-0.05, 0) is 78.2 Å². The zero-order valence-electron chi connectivity index (χ0n) is 17.7. The molecule has 0 amide bonds. The number of Topliss-reactive ketones (excluding diaryl/α,β-unsaturated/α-hetero) is 1. The van der Waals surface area contributed by atoms with E-state index in [-0.39, 0.29) is 17.1 Å². The van der Waals surface area contributed by atoms with Crippen molar-refractivity contribution < 1.29 is 24.5 Å². The van der Waals surface area contributed by atoms with Gasteiger partial charge in [-0.15, -0.1) is 0 Å². The summed E-state index contributed by atoms with van der Waals surface area (Å²) in [6.07, 6.45) is 0. The standard InChI is InChI=1S/C27H22O5/c1-27(2,32-24-13-9-18(10-14-24)17-7-11-23(28)12-8-17)25(29)21-5-3-20-16-22(26(30)31)6-4-19(20)15-21/h3-16,28H,1-2H3,(H,30,31). The summed E-state index contributed by atoms with van der Waals surface area (Å²) in [4.78, 5) is 24.3. The monoisotopic (exact) mass is 426 g/mol. The lowest BCUT2D eigenvalue weighted by molar-refractivity contribution is 0.0584. The third kappa shape index (κ3) is 4.32. The number of hydrogen-bond donors (Lipinski definition) is 2. The molecule has 32 heavy (non-hydrogen) atoms. The number of carbonyl (C=O) groups is 2. The summed E-state index contributed by atoms with van der Waals surface area (Å²) in [6.45, 7) is 3.45. The SMILES string of the molecule is CC(C)(Oc1ccc(-c2ccc(O)cc2)cc1)C(=O)c1ccc2cc(C(=O)O)ccc2c1. The fourth-order valence-electron chi connectivity index (χ4n) is 3.58. The number of ether oxygens (including phenoxy) is 1. The van der Waals surface area contributed by atoms with E-state index in [1.807, 2.05) is 36.4 Å². The van der Waals surface area contributed by atoms with Crippen LogP contribution in [0.3, 0.4) is 0 Å². The van der Waals surface area contributed by atoms with Crippen molar-refractivity contribution in [1.29, 1.82) is 0 Å². The molecule has 0 atom stereocenters. The topological polar surface area (TPSA) is 83.8 Å². The van der Waals surface area contributed by atoms with Crippen molar-refractivity contribution in [2.75, 3.05) is 0 Å². The largest absolute Gasteiger partial charge is 0.508 e. The molecule has 4 aromatic carbocycles. The van der Waals surface area contributed by atoms with Crippen LogP contribution in [0.2, 0.25) is 0 Å². The van der Waals surface area contributed by atoms with Crippen molar-refractivity contribution >= 4 is 22.5 Å². The van der Waals surface area contributed by atoms with E-state index >= 15 is 0 Å². The van der Waals surface area contributed by atoms with Gasteiger partial charge in [0.05, 0.1) is 5.56 Å². The number of aromatic hydroxyl groups is 1. The molecule has 0 aliphatic carbocycles. The summed E-state index contributed by atoms with van der Waals surface area (Å²) >= 11 is 0. The number of ketones is 1. The lowest BCUT2D eigenvalue weighted by Gasteiger charge is -2.25. The second-order valence-corrected chi connectivity index (χ2v) is 8.09. The Morgan fingerprint density at radius 3 is 1.78 bits per heavy atom. The van der Waals surface area contributed by atoms with Crippen LogP contribution in [0.1, 0.15) is 34.6 Å². The summed E-state index contributed by atoms with van der Waals surface area (Å²) < 4.78 is 6.02. The van der Waals surface area contributed by atoms with Crippen molar-refractivity contribution in [2.45, 2.75) is 19.4 Å². The van der Waals surface area contributed by atoms with E-state index in [0.717, 1.165) is 21.9 Å². The molecular weight excluding hydrogens is 404 g/mol. The van der Waals surface area contributed by atoms with Crippen LogP contribution in [-0.2, 0) is 0 Å². The third-order valence-electron chi connectivity index (χ3n) is 5.32. The van der Waals surface area contributed by atoms with Gasteiger partial charge in [0.15, 0.2) is 5.60 Å². The zero-order valence-corrected chi connectivity index (χ0v) is 17.7. The summed E-state index contributed by atoms with van der Waals surface area (Å²) in [5, 5.41) is 20.1. The lowest BCUT2D eigenvalue weighted by atomic mass is 9.94. The van der Waals surface area contributed by atoms with E-state index in [1.165, 1.54) is 6.07 Å². The van der Waals surface area contributed by atoms with Crippen molar-refractivity contribution in [2.24, 2.45) is 0 Å². The molecule has 0 saturated carbocycles. The Balaban J connectivity index is 1.53. The van der Waals surface area contributed by atoms with Crippen LogP contribution in [0.25, 0.3) is 21.9 Å². The minimum Gasteiger partial charge on any atom is -0.508 e. The van der Waals surface area contributed by atoms with Crippen LogP contribution in [0, 0.1) is 0 Å². The van der Waals surface area contributed by atoms with E-state index in [0.29, 0.717) is 11.3 Å². The lowest BCUT2D eigenvalue weighted by Crippen LogP contribution is -2.38. The van der Waals surface area contributed by atoms with E-state index in [2.05, 4.69) is 0 Å². The maximum Gasteiger partial charge on any atom is 0.335 e. The Hall–Kier alpha value is -4.12. The minimum absolute atomic E-state index is 0.177. The van der Waals surface area contributed by atoms with Gasteiger partial charge >= 0.3 is 5.97 Å². The molecule has 5 nitrogen and oxygen atoms in total. The third-order valence-corrected chi connectivity index (χ3v) is 5.32. The van der Waals surface area contributed by atoms with Gasteiger partial charge in [-0.3, -0.25) is 4.79 Å². The number of fused-ring (bicyclic) bond motifs is 1. The van der Waals surface area contributed by atoms with E-state index in [9.17, 15) is 14.7 Å². The molecule has 0 unspecified atom stereocenters. The van der Waals surface area contributed by atoms with Crippen LogP contribution in [0.4, 0.5) is 0 Å². The smallest absolute Gasteiger partial charge is 0.335 e. The summed E-state index contributed by atoms with van der Waals surface area (Å²) in [6, 6.07) is 24.4. The highest BCUT2D eigenvalue weighted by molar-refractivity contribution is 6.05. The second kappa shape index (κ2) is 8.19. The molecule has 5 heteroatoms. The molecule has 0 fully saturated rings. The maximum absolute atomic E-state index is 13.2. The van der Waals surface area contributed by atoms with E-state index < -0.39 is 11.6 Å². The number of carbonyl (C=O) groups excluding carboxylic acids is 1. The van der Waals surface area contributed by atoms with E-state index in [1.54, 1.807) is 56.3 Å². The van der Waals surface area contributed by atoms with Gasteiger partial charge in [0.2, 0.25) is 5.78 Å². The molecule has 0 radical (unpaired) electrons. The van der Waals surface area contributed by atoms with Gasteiger partial charge in [-0.25, -0.2) is 4.79 Å². The van der Waals surface area contributed by atoms with E-state index in [4.69, 9.17) is 9.84 Å². The number of aromatic carboxylic acids is 1. The van der Waals surface area contributed by atoms with Gasteiger partial charge in [-0.2, -0.15) is 0 Å². The quantitative estimate of drug-likeness (QED) is 0.372. The normalized spacial score (nSPS) is 11.3. The number of benzene rings is 4. The predicted molar refractivity (Wildman–Crippen MR) is 123 cm³/mol. The average molecular weight is 426 g/mol. The summed E-state index contributed by atoms with van der Waals surface area (Å²) in [5.41, 5.74) is 1.53. The Morgan fingerprint density at radius 2 is 1.22 bits per heavy atom. The molecule has 0 bridgehead atoms. The van der Waals surface area contributed by atoms with Crippen molar-refractivity contribution in [1.82, 2.24) is 0 Å². The molecule has 160 valence electrons. The fourth-order valence-corrected chi connectivity index (χ4v) is 3.58. The minimum atomic E-state index is -1.10. The van der Waals surface area contributed by atoms with Crippen molar-refractivity contribution in [3.63, 3.8) is 0 Å². The molecule has 4 rings (SSSR count). The Labute approximate surface area is 185 Å². The fraction of sp³-hybridized carbons (Fsp3) is 0.111. The first-order valence-electron chi connectivity index (χ1n) is 10.1.